The fourth-order valence-corrected chi connectivity index (χ4v) is 6.94. The summed E-state index contributed by atoms with van der Waals surface area (Å²) >= 11 is 6.05. The summed E-state index contributed by atoms with van der Waals surface area (Å²) in [5.74, 6) is -0.309. The van der Waals surface area contributed by atoms with Crippen LogP contribution in [-0.2, 0) is 32.6 Å². The second kappa shape index (κ2) is 14.3. The zero-order valence-electron chi connectivity index (χ0n) is 23.3. The molecule has 0 unspecified atom stereocenters. The number of sulfonamides is 1. The first-order valence-corrected chi connectivity index (χ1v) is 16.1. The summed E-state index contributed by atoms with van der Waals surface area (Å²) in [4.78, 5) is 28.4. The zero-order chi connectivity index (χ0) is 28.5. The van der Waals surface area contributed by atoms with Crippen LogP contribution >= 0.6 is 11.6 Å². The van der Waals surface area contributed by atoms with E-state index < -0.39 is 16.1 Å². The molecule has 40 heavy (non-hydrogen) atoms. The standard InChI is InChI=1S/C31H40ClN3O4S/c1-24(31(37)33-20-19-25-7-3-2-4-8-25)35(23-27-9-14-28(32)15-10-27)30(36)18-13-26-11-16-29(17-12-26)40(38,39)34-21-5-6-22-34/h7,9-12,14-17,24H,2-6,8,13,18-23H2,1H3,(H,33,37)/t24-/m0/s1. The first kappa shape index (κ1) is 30.3. The third-order valence-corrected chi connectivity index (χ3v) is 9.98. The predicted octanol–water partition coefficient (Wildman–Crippen LogP) is 5.48. The van der Waals surface area contributed by atoms with Crippen LogP contribution < -0.4 is 5.32 Å². The molecule has 2 aliphatic rings. The van der Waals surface area contributed by atoms with Gasteiger partial charge >= 0.3 is 0 Å². The number of nitrogens with zero attached hydrogens (tertiary/aromatic N) is 2. The first-order valence-electron chi connectivity index (χ1n) is 14.3. The van der Waals surface area contributed by atoms with Gasteiger partial charge < -0.3 is 10.2 Å². The van der Waals surface area contributed by atoms with Gasteiger partial charge in [0.05, 0.1) is 4.90 Å². The molecule has 1 aliphatic carbocycles. The molecule has 4 rings (SSSR count). The van der Waals surface area contributed by atoms with Crippen molar-refractivity contribution >= 4 is 33.4 Å². The number of carbonyl (C=O) groups is 2. The molecule has 7 nitrogen and oxygen atoms in total. The maximum Gasteiger partial charge on any atom is 0.243 e. The summed E-state index contributed by atoms with van der Waals surface area (Å²) in [6.45, 7) is 3.74. The van der Waals surface area contributed by atoms with E-state index in [1.165, 1.54) is 22.7 Å². The second-order valence-electron chi connectivity index (χ2n) is 10.7. The quantitative estimate of drug-likeness (QED) is 0.334. The normalized spacial score (nSPS) is 16.8. The number of nitrogens with one attached hydrogen (secondary N) is 1. The predicted molar refractivity (Wildman–Crippen MR) is 158 cm³/mol. The monoisotopic (exact) mass is 585 g/mol. The molecule has 0 radical (unpaired) electrons. The summed E-state index contributed by atoms with van der Waals surface area (Å²) in [5, 5.41) is 3.63. The molecule has 1 fully saturated rings. The Balaban J connectivity index is 1.38. The van der Waals surface area contributed by atoms with Crippen LogP contribution in [0.4, 0.5) is 0 Å². The van der Waals surface area contributed by atoms with Crippen LogP contribution in [0.25, 0.3) is 0 Å². The van der Waals surface area contributed by atoms with Crippen molar-refractivity contribution in [2.75, 3.05) is 19.6 Å². The minimum atomic E-state index is -3.47. The van der Waals surface area contributed by atoms with Gasteiger partial charge in [0, 0.05) is 37.6 Å². The summed E-state index contributed by atoms with van der Waals surface area (Å²) in [6, 6.07) is 13.4. The lowest BCUT2D eigenvalue weighted by Crippen LogP contribution is -2.47. The summed E-state index contributed by atoms with van der Waals surface area (Å²) in [7, 11) is -3.47. The molecule has 9 heteroatoms. The molecule has 1 N–H and O–H groups in total. The lowest BCUT2D eigenvalue weighted by Gasteiger charge is -2.29. The van der Waals surface area contributed by atoms with Crippen LogP contribution in [0.5, 0.6) is 0 Å². The van der Waals surface area contributed by atoms with Crippen molar-refractivity contribution in [3.05, 3.63) is 76.3 Å². The van der Waals surface area contributed by atoms with Gasteiger partial charge in [-0.2, -0.15) is 4.31 Å². The maximum atomic E-state index is 13.5. The van der Waals surface area contributed by atoms with E-state index in [4.69, 9.17) is 11.6 Å². The zero-order valence-corrected chi connectivity index (χ0v) is 24.9. The largest absolute Gasteiger partial charge is 0.354 e. The Bertz CT molecular complexity index is 1290. The highest BCUT2D eigenvalue weighted by Crippen LogP contribution is 2.22. The summed E-state index contributed by atoms with van der Waals surface area (Å²) < 4.78 is 27.2. The Morgan fingerprint density at radius 1 is 0.950 bits per heavy atom. The fourth-order valence-electron chi connectivity index (χ4n) is 5.30. The Morgan fingerprint density at radius 3 is 2.27 bits per heavy atom. The third-order valence-electron chi connectivity index (χ3n) is 7.82. The van der Waals surface area contributed by atoms with Gasteiger partial charge in [0.2, 0.25) is 21.8 Å². The van der Waals surface area contributed by atoms with Crippen LogP contribution in [0.15, 0.2) is 65.1 Å². The van der Waals surface area contributed by atoms with E-state index in [1.54, 1.807) is 48.2 Å². The molecule has 1 aliphatic heterocycles. The molecule has 1 heterocycles. The Morgan fingerprint density at radius 2 is 1.62 bits per heavy atom. The summed E-state index contributed by atoms with van der Waals surface area (Å²) in [5.41, 5.74) is 3.16. The Hall–Kier alpha value is -2.68. The highest BCUT2D eigenvalue weighted by molar-refractivity contribution is 7.89. The Labute approximate surface area is 243 Å². The van der Waals surface area contributed by atoms with Crippen LogP contribution in [0.1, 0.15) is 69.4 Å². The van der Waals surface area contributed by atoms with E-state index in [0.29, 0.717) is 37.6 Å². The van der Waals surface area contributed by atoms with E-state index in [2.05, 4.69) is 11.4 Å². The van der Waals surface area contributed by atoms with Crippen molar-refractivity contribution in [1.82, 2.24) is 14.5 Å². The van der Waals surface area contributed by atoms with Gasteiger partial charge in [-0.1, -0.05) is 47.5 Å². The minimum absolute atomic E-state index is 0.138. The van der Waals surface area contributed by atoms with Crippen molar-refractivity contribution in [3.63, 3.8) is 0 Å². The van der Waals surface area contributed by atoms with Gasteiger partial charge in [-0.25, -0.2) is 8.42 Å². The second-order valence-corrected chi connectivity index (χ2v) is 13.1. The van der Waals surface area contributed by atoms with E-state index in [0.717, 1.165) is 43.2 Å². The van der Waals surface area contributed by atoms with E-state index >= 15 is 0 Å². The number of carbonyl (C=O) groups excluding carboxylic acids is 2. The number of allylic oxidation sites excluding steroid dienone is 1. The van der Waals surface area contributed by atoms with Gasteiger partial charge in [-0.15, -0.1) is 0 Å². The third kappa shape index (κ3) is 8.18. The molecule has 0 saturated carbocycles. The number of amides is 2. The number of benzene rings is 2. The van der Waals surface area contributed by atoms with Gasteiger partial charge in [-0.3, -0.25) is 9.59 Å². The molecule has 1 atom stereocenters. The SMILES string of the molecule is C[C@@H](C(=O)NCCC1=CCCCC1)N(Cc1ccc(Cl)cc1)C(=O)CCc1ccc(S(=O)(=O)N2CCCC2)cc1. The first-order chi connectivity index (χ1) is 19.2. The lowest BCUT2D eigenvalue weighted by molar-refractivity contribution is -0.140. The molecule has 216 valence electrons. The number of halogens is 1. The molecule has 2 aromatic rings. The lowest BCUT2D eigenvalue weighted by atomic mass is 9.97. The van der Waals surface area contributed by atoms with Crippen molar-refractivity contribution < 1.29 is 18.0 Å². The number of hydrogen-bond donors (Lipinski definition) is 1. The smallest absolute Gasteiger partial charge is 0.243 e. The fraction of sp³-hybridized carbons (Fsp3) is 0.484. The van der Waals surface area contributed by atoms with Crippen LogP contribution in [0.3, 0.4) is 0 Å². The number of hydrogen-bond acceptors (Lipinski definition) is 4. The minimum Gasteiger partial charge on any atom is -0.354 e. The highest BCUT2D eigenvalue weighted by atomic mass is 35.5. The van der Waals surface area contributed by atoms with E-state index in [9.17, 15) is 18.0 Å². The average Bonchev–Trinajstić information content (AvgIpc) is 3.52. The molecule has 2 aromatic carbocycles. The highest BCUT2D eigenvalue weighted by Gasteiger charge is 2.28. The maximum absolute atomic E-state index is 13.5. The number of rotatable bonds is 12. The van der Waals surface area contributed by atoms with Crippen molar-refractivity contribution in [2.45, 2.75) is 82.2 Å². The molecule has 1 saturated heterocycles. The average molecular weight is 586 g/mol. The molecule has 0 spiro atoms. The molecular formula is C31H40ClN3O4S. The number of aryl methyl sites for hydroxylation is 1. The van der Waals surface area contributed by atoms with Crippen LogP contribution in [-0.4, -0.2) is 55.1 Å². The van der Waals surface area contributed by atoms with Crippen molar-refractivity contribution in [3.8, 4) is 0 Å². The topological polar surface area (TPSA) is 86.8 Å². The van der Waals surface area contributed by atoms with E-state index in [1.807, 2.05) is 12.1 Å². The van der Waals surface area contributed by atoms with Crippen LogP contribution in [0, 0.1) is 0 Å². The molecule has 2 amide bonds. The van der Waals surface area contributed by atoms with Crippen molar-refractivity contribution in [2.24, 2.45) is 0 Å². The van der Waals surface area contributed by atoms with Crippen molar-refractivity contribution in [1.29, 1.82) is 0 Å². The van der Waals surface area contributed by atoms with Gasteiger partial charge in [0.15, 0.2) is 0 Å². The molecular weight excluding hydrogens is 546 g/mol. The summed E-state index contributed by atoms with van der Waals surface area (Å²) in [6.07, 6.45) is 10.2. The van der Waals surface area contributed by atoms with Crippen LogP contribution in [0.2, 0.25) is 5.02 Å². The van der Waals surface area contributed by atoms with E-state index in [-0.39, 0.29) is 23.1 Å². The molecule has 0 aromatic heterocycles. The van der Waals surface area contributed by atoms with Gasteiger partial charge in [0.1, 0.15) is 6.04 Å². The van der Waals surface area contributed by atoms with Gasteiger partial charge in [-0.05, 0) is 93.7 Å². The molecule has 0 bridgehead atoms. The van der Waals surface area contributed by atoms with Gasteiger partial charge in [0.25, 0.3) is 0 Å². The Kier molecular flexibility index (Phi) is 10.8.